The first-order valence-corrected chi connectivity index (χ1v) is 7.46. The highest BCUT2D eigenvalue weighted by molar-refractivity contribution is 6.33. The van der Waals surface area contributed by atoms with Gasteiger partial charge in [0, 0.05) is 0 Å². The lowest BCUT2D eigenvalue weighted by Gasteiger charge is -2.18. The number of imide groups is 1. The van der Waals surface area contributed by atoms with Crippen LogP contribution in [-0.4, -0.2) is 22.7 Å². The van der Waals surface area contributed by atoms with E-state index in [4.69, 9.17) is 11.6 Å². The molecule has 0 radical (unpaired) electrons. The van der Waals surface area contributed by atoms with Crippen molar-refractivity contribution >= 4 is 29.3 Å². The predicted molar refractivity (Wildman–Crippen MR) is 80.7 cm³/mol. The van der Waals surface area contributed by atoms with Gasteiger partial charge in [-0.3, -0.25) is 19.8 Å². The molecule has 3 rings (SSSR count). The highest BCUT2D eigenvalue weighted by Gasteiger charge is 2.49. The van der Waals surface area contributed by atoms with Gasteiger partial charge in [0.25, 0.3) is 17.7 Å². The summed E-state index contributed by atoms with van der Waals surface area (Å²) < 4.78 is 0. The molecule has 2 atom stereocenters. The maximum Gasteiger partial charge on any atom is 0.271 e. The average Bonchev–Trinajstić information content (AvgIpc) is 2.72. The molecule has 1 aliphatic carbocycles. The molecular formula is C16H15ClN2O3. The Labute approximate surface area is 132 Å². The topological polar surface area (TPSA) is 66.5 Å². The lowest BCUT2D eigenvalue weighted by molar-refractivity contribution is -0.142. The summed E-state index contributed by atoms with van der Waals surface area (Å²) in [6, 6.07) is 6.49. The normalized spacial score (nSPS) is 24.1. The molecule has 1 aromatic carbocycles. The van der Waals surface area contributed by atoms with Crippen LogP contribution in [0, 0.1) is 11.8 Å². The SMILES string of the molecule is CC1=CC[C@@H]2C(=O)N(NC(=O)c3ccccc3Cl)C(=O)[C@H]2C1. The van der Waals surface area contributed by atoms with Crippen molar-refractivity contribution in [2.24, 2.45) is 11.8 Å². The van der Waals surface area contributed by atoms with Crippen LogP contribution in [0.4, 0.5) is 0 Å². The van der Waals surface area contributed by atoms with Crippen LogP contribution < -0.4 is 5.43 Å². The van der Waals surface area contributed by atoms with Crippen molar-refractivity contribution in [1.29, 1.82) is 0 Å². The number of carbonyl (C=O) groups is 3. The number of nitrogens with zero attached hydrogens (tertiary/aromatic N) is 1. The third kappa shape index (κ3) is 2.41. The van der Waals surface area contributed by atoms with Gasteiger partial charge in [-0.05, 0) is 31.9 Å². The minimum Gasteiger partial charge on any atom is -0.272 e. The van der Waals surface area contributed by atoms with E-state index in [1.54, 1.807) is 24.3 Å². The molecule has 1 fully saturated rings. The third-order valence-electron chi connectivity index (χ3n) is 4.15. The molecule has 5 nitrogen and oxygen atoms in total. The van der Waals surface area contributed by atoms with Crippen LogP contribution in [0.1, 0.15) is 30.1 Å². The molecule has 1 aromatic rings. The lowest BCUT2D eigenvalue weighted by Crippen LogP contribution is -2.46. The number of rotatable bonds is 2. The first-order chi connectivity index (χ1) is 10.5. The van der Waals surface area contributed by atoms with E-state index in [0.717, 1.165) is 10.6 Å². The number of hydrogen-bond acceptors (Lipinski definition) is 3. The molecule has 1 saturated heterocycles. The molecule has 0 spiro atoms. The molecule has 3 amide bonds. The van der Waals surface area contributed by atoms with Crippen molar-refractivity contribution < 1.29 is 14.4 Å². The van der Waals surface area contributed by atoms with Crippen LogP contribution in [-0.2, 0) is 9.59 Å². The maximum atomic E-state index is 12.4. The highest BCUT2D eigenvalue weighted by Crippen LogP contribution is 2.36. The lowest BCUT2D eigenvalue weighted by atomic mass is 9.82. The Kier molecular flexibility index (Phi) is 3.74. The first-order valence-electron chi connectivity index (χ1n) is 7.08. The molecule has 2 aliphatic rings. The van der Waals surface area contributed by atoms with Crippen LogP contribution in [0.3, 0.4) is 0 Å². The second-order valence-electron chi connectivity index (χ2n) is 5.64. The van der Waals surface area contributed by atoms with E-state index in [-0.39, 0.29) is 34.2 Å². The van der Waals surface area contributed by atoms with Crippen LogP contribution in [0.15, 0.2) is 35.9 Å². The van der Waals surface area contributed by atoms with Crippen LogP contribution in [0.25, 0.3) is 0 Å². The van der Waals surface area contributed by atoms with E-state index in [1.807, 2.05) is 13.0 Å². The Morgan fingerprint density at radius 1 is 1.23 bits per heavy atom. The molecule has 114 valence electrons. The van der Waals surface area contributed by atoms with Crippen molar-refractivity contribution in [2.45, 2.75) is 19.8 Å². The van der Waals surface area contributed by atoms with Crippen molar-refractivity contribution in [3.8, 4) is 0 Å². The molecular weight excluding hydrogens is 304 g/mol. The van der Waals surface area contributed by atoms with E-state index in [2.05, 4.69) is 5.43 Å². The van der Waals surface area contributed by atoms with Gasteiger partial charge in [0.05, 0.1) is 22.4 Å². The third-order valence-corrected chi connectivity index (χ3v) is 4.48. The minimum absolute atomic E-state index is 0.231. The van der Waals surface area contributed by atoms with Gasteiger partial charge in [0.2, 0.25) is 0 Å². The van der Waals surface area contributed by atoms with Gasteiger partial charge in [-0.15, -0.1) is 0 Å². The van der Waals surface area contributed by atoms with Crippen molar-refractivity contribution in [3.05, 3.63) is 46.5 Å². The summed E-state index contributed by atoms with van der Waals surface area (Å²) in [5.41, 5.74) is 3.72. The first kappa shape index (κ1) is 14.8. The largest absolute Gasteiger partial charge is 0.272 e. The summed E-state index contributed by atoms with van der Waals surface area (Å²) in [4.78, 5) is 36.9. The Balaban J connectivity index is 1.79. The van der Waals surface area contributed by atoms with Gasteiger partial charge in [0.15, 0.2) is 0 Å². The second-order valence-corrected chi connectivity index (χ2v) is 6.04. The maximum absolute atomic E-state index is 12.4. The quantitative estimate of drug-likeness (QED) is 0.672. The summed E-state index contributed by atoms with van der Waals surface area (Å²) in [7, 11) is 0. The van der Waals surface area contributed by atoms with E-state index >= 15 is 0 Å². The number of allylic oxidation sites excluding steroid dienone is 2. The fourth-order valence-corrected chi connectivity index (χ4v) is 3.18. The van der Waals surface area contributed by atoms with Crippen LogP contribution >= 0.6 is 11.6 Å². The number of benzene rings is 1. The standard InChI is InChI=1S/C16H15ClN2O3/c1-9-6-7-10-12(8-9)16(22)19(15(10)21)18-14(20)11-4-2-3-5-13(11)17/h2-6,10,12H,7-8H2,1H3,(H,18,20)/t10-,12-/m0/s1. The Bertz CT molecular complexity index is 698. The summed E-state index contributed by atoms with van der Waals surface area (Å²) >= 11 is 5.96. The van der Waals surface area contributed by atoms with Crippen molar-refractivity contribution in [2.75, 3.05) is 0 Å². The van der Waals surface area contributed by atoms with Crippen LogP contribution in [0.2, 0.25) is 5.02 Å². The number of amides is 3. The Hall–Kier alpha value is -2.14. The zero-order valence-electron chi connectivity index (χ0n) is 12.0. The number of hydrogen-bond donors (Lipinski definition) is 1. The second kappa shape index (κ2) is 5.57. The minimum atomic E-state index is -0.560. The molecule has 0 unspecified atom stereocenters. The summed E-state index contributed by atoms with van der Waals surface area (Å²) in [6.07, 6.45) is 3.08. The van der Waals surface area contributed by atoms with E-state index < -0.39 is 5.91 Å². The summed E-state index contributed by atoms with van der Waals surface area (Å²) in [5, 5.41) is 1.13. The molecule has 0 saturated carbocycles. The Morgan fingerprint density at radius 3 is 2.64 bits per heavy atom. The van der Waals surface area contributed by atoms with Gasteiger partial charge in [0.1, 0.15) is 0 Å². The smallest absolute Gasteiger partial charge is 0.271 e. The number of fused-ring (bicyclic) bond motifs is 1. The number of nitrogens with one attached hydrogen (secondary N) is 1. The van der Waals surface area contributed by atoms with Gasteiger partial charge in [-0.25, -0.2) is 0 Å². The fourth-order valence-electron chi connectivity index (χ4n) is 2.95. The van der Waals surface area contributed by atoms with Crippen molar-refractivity contribution in [3.63, 3.8) is 0 Å². The molecule has 0 bridgehead atoms. The molecule has 1 aliphatic heterocycles. The Morgan fingerprint density at radius 2 is 1.91 bits per heavy atom. The van der Waals surface area contributed by atoms with Gasteiger partial charge >= 0.3 is 0 Å². The van der Waals surface area contributed by atoms with Gasteiger partial charge in [-0.2, -0.15) is 5.01 Å². The molecule has 6 heteroatoms. The molecule has 1 heterocycles. The highest BCUT2D eigenvalue weighted by atomic mass is 35.5. The fraction of sp³-hybridized carbons (Fsp3) is 0.312. The van der Waals surface area contributed by atoms with E-state index in [9.17, 15) is 14.4 Å². The number of hydrazine groups is 1. The summed E-state index contributed by atoms with van der Waals surface area (Å²) in [6.45, 7) is 1.94. The van der Waals surface area contributed by atoms with Gasteiger partial charge in [-0.1, -0.05) is 35.4 Å². The molecule has 1 N–H and O–H groups in total. The predicted octanol–water partition coefficient (Wildman–Crippen LogP) is 2.33. The summed E-state index contributed by atoms with van der Waals surface area (Å²) in [5.74, 6) is -2.00. The van der Waals surface area contributed by atoms with E-state index in [0.29, 0.717) is 12.8 Å². The van der Waals surface area contributed by atoms with Crippen molar-refractivity contribution in [1.82, 2.24) is 10.4 Å². The van der Waals surface area contributed by atoms with Crippen LogP contribution in [0.5, 0.6) is 0 Å². The molecule has 0 aromatic heterocycles. The average molecular weight is 319 g/mol. The zero-order valence-corrected chi connectivity index (χ0v) is 12.8. The van der Waals surface area contributed by atoms with E-state index in [1.165, 1.54) is 0 Å². The van der Waals surface area contributed by atoms with Gasteiger partial charge < -0.3 is 0 Å². The molecule has 22 heavy (non-hydrogen) atoms. The number of carbonyl (C=O) groups excluding carboxylic acids is 3. The monoisotopic (exact) mass is 318 g/mol. The number of halogens is 1. The zero-order chi connectivity index (χ0) is 15.9.